The summed E-state index contributed by atoms with van der Waals surface area (Å²) in [7, 11) is 0. The second-order valence-corrected chi connectivity index (χ2v) is 10.1. The SMILES string of the molecule is CCC(C)(C)[C@@H]1CCc2c(sc3ncn4nc(CCn5cc([N+](=O)[O-])cn5)nc4c23)C1. The van der Waals surface area contributed by atoms with Gasteiger partial charge in [-0.25, -0.2) is 14.5 Å². The fraction of sp³-hybridized carbons (Fsp3) is 0.524. The van der Waals surface area contributed by atoms with Gasteiger partial charge in [0.25, 0.3) is 0 Å². The van der Waals surface area contributed by atoms with E-state index in [0.29, 0.717) is 30.1 Å². The summed E-state index contributed by atoms with van der Waals surface area (Å²) in [6, 6.07) is 0. The van der Waals surface area contributed by atoms with Crippen LogP contribution in [0.5, 0.6) is 0 Å². The minimum Gasteiger partial charge on any atom is -0.265 e. The normalized spacial score (nSPS) is 16.8. The molecule has 0 fully saturated rings. The quantitative estimate of drug-likeness (QED) is 0.329. The lowest BCUT2D eigenvalue weighted by molar-refractivity contribution is -0.385. The summed E-state index contributed by atoms with van der Waals surface area (Å²) >= 11 is 1.80. The fourth-order valence-corrected chi connectivity index (χ4v) is 5.73. The van der Waals surface area contributed by atoms with E-state index in [0.717, 1.165) is 28.7 Å². The number of fused-ring (bicyclic) bond motifs is 5. The summed E-state index contributed by atoms with van der Waals surface area (Å²) in [5, 5.41) is 20.6. The molecule has 0 spiro atoms. The zero-order valence-electron chi connectivity index (χ0n) is 17.9. The molecule has 0 amide bonds. The highest BCUT2D eigenvalue weighted by atomic mass is 32.1. The monoisotopic (exact) mass is 439 g/mol. The average Bonchev–Trinajstić information content (AvgIpc) is 3.46. The van der Waals surface area contributed by atoms with Crippen LogP contribution in [-0.4, -0.2) is 34.3 Å². The van der Waals surface area contributed by atoms with Gasteiger partial charge in [-0.3, -0.25) is 14.8 Å². The van der Waals surface area contributed by atoms with Gasteiger partial charge in [-0.1, -0.05) is 27.2 Å². The summed E-state index contributed by atoms with van der Waals surface area (Å²) < 4.78 is 3.32. The van der Waals surface area contributed by atoms with Gasteiger partial charge in [-0.2, -0.15) is 5.10 Å². The van der Waals surface area contributed by atoms with E-state index in [1.807, 2.05) is 0 Å². The molecule has 0 aliphatic heterocycles. The first kappa shape index (κ1) is 20.0. The van der Waals surface area contributed by atoms with Crippen molar-refractivity contribution >= 4 is 32.9 Å². The third-order valence-electron chi connectivity index (χ3n) is 6.84. The second-order valence-electron chi connectivity index (χ2n) is 8.98. The summed E-state index contributed by atoms with van der Waals surface area (Å²) in [6.07, 6.45) is 9.53. The van der Waals surface area contributed by atoms with Gasteiger partial charge in [-0.05, 0) is 36.2 Å². The standard InChI is InChI=1S/C21H25N7O2S/c1-4-21(2,3)13-5-6-15-16(9-13)31-20-18(15)19-24-17(25-27(19)12-22-20)7-8-26-11-14(10-23-26)28(29)30/h10-13H,4-9H2,1-3H3/t13-/m1/s1. The first-order chi connectivity index (χ1) is 14.9. The average molecular weight is 440 g/mol. The third kappa shape index (κ3) is 3.48. The van der Waals surface area contributed by atoms with E-state index in [4.69, 9.17) is 4.98 Å². The number of nitro groups is 1. The van der Waals surface area contributed by atoms with Crippen molar-refractivity contribution in [3.05, 3.63) is 45.1 Å². The van der Waals surface area contributed by atoms with Crippen LogP contribution in [0.1, 0.15) is 49.9 Å². The van der Waals surface area contributed by atoms with Crippen LogP contribution in [-0.2, 0) is 25.8 Å². The molecular weight excluding hydrogens is 414 g/mol. The first-order valence-corrected chi connectivity index (χ1v) is 11.5. The van der Waals surface area contributed by atoms with Crippen molar-refractivity contribution in [1.29, 1.82) is 0 Å². The van der Waals surface area contributed by atoms with Gasteiger partial charge in [0.05, 0.1) is 10.3 Å². The minimum atomic E-state index is -0.443. The maximum absolute atomic E-state index is 10.8. The molecule has 0 unspecified atom stereocenters. The minimum absolute atomic E-state index is 0.0108. The lowest BCUT2D eigenvalue weighted by Gasteiger charge is -2.36. The molecule has 0 saturated carbocycles. The molecule has 1 aliphatic rings. The van der Waals surface area contributed by atoms with Gasteiger partial charge >= 0.3 is 5.69 Å². The molecule has 0 radical (unpaired) electrons. The largest absolute Gasteiger partial charge is 0.306 e. The summed E-state index contributed by atoms with van der Waals surface area (Å²) in [5.41, 5.74) is 2.59. The van der Waals surface area contributed by atoms with E-state index in [1.54, 1.807) is 26.9 Å². The zero-order chi connectivity index (χ0) is 21.8. The second kappa shape index (κ2) is 7.37. The van der Waals surface area contributed by atoms with Gasteiger partial charge in [0.2, 0.25) is 0 Å². The first-order valence-electron chi connectivity index (χ1n) is 10.7. The Bertz CT molecular complexity index is 1290. The van der Waals surface area contributed by atoms with E-state index in [2.05, 4.69) is 36.0 Å². The van der Waals surface area contributed by atoms with Crippen LogP contribution in [0.3, 0.4) is 0 Å². The Balaban J connectivity index is 1.44. The van der Waals surface area contributed by atoms with Crippen molar-refractivity contribution in [2.75, 3.05) is 0 Å². The highest BCUT2D eigenvalue weighted by Gasteiger charge is 2.33. The third-order valence-corrected chi connectivity index (χ3v) is 8.00. The molecule has 0 saturated heterocycles. The van der Waals surface area contributed by atoms with E-state index >= 15 is 0 Å². The van der Waals surface area contributed by atoms with Crippen LogP contribution in [0, 0.1) is 21.4 Å². The number of thiophene rings is 1. The molecule has 5 rings (SSSR count). The van der Waals surface area contributed by atoms with Crippen molar-refractivity contribution in [3.8, 4) is 0 Å². The lowest BCUT2D eigenvalue weighted by atomic mass is 9.70. The van der Waals surface area contributed by atoms with Crippen molar-refractivity contribution < 1.29 is 4.92 Å². The molecule has 1 atom stereocenters. The Kier molecular flexibility index (Phi) is 4.76. The van der Waals surface area contributed by atoms with Crippen LogP contribution >= 0.6 is 11.3 Å². The van der Waals surface area contributed by atoms with Crippen molar-refractivity contribution in [2.45, 2.75) is 59.4 Å². The maximum atomic E-state index is 10.8. The predicted molar refractivity (Wildman–Crippen MR) is 118 cm³/mol. The van der Waals surface area contributed by atoms with Crippen LogP contribution in [0.2, 0.25) is 0 Å². The summed E-state index contributed by atoms with van der Waals surface area (Å²) in [5.74, 6) is 1.38. The maximum Gasteiger partial charge on any atom is 0.306 e. The molecule has 4 heterocycles. The molecule has 9 nitrogen and oxygen atoms in total. The number of aryl methyl sites for hydroxylation is 3. The Morgan fingerprint density at radius 3 is 2.97 bits per heavy atom. The molecule has 0 N–H and O–H groups in total. The number of nitrogens with zero attached hydrogens (tertiary/aromatic N) is 7. The molecule has 31 heavy (non-hydrogen) atoms. The molecule has 1 aliphatic carbocycles. The van der Waals surface area contributed by atoms with E-state index in [1.165, 1.54) is 35.7 Å². The Morgan fingerprint density at radius 2 is 2.23 bits per heavy atom. The molecular formula is C21H25N7O2S. The highest BCUT2D eigenvalue weighted by molar-refractivity contribution is 7.19. The fourth-order valence-electron chi connectivity index (χ4n) is 4.46. The summed E-state index contributed by atoms with van der Waals surface area (Å²) in [6.45, 7) is 7.53. The number of rotatable bonds is 6. The topological polar surface area (TPSA) is 104 Å². The van der Waals surface area contributed by atoms with Crippen LogP contribution in [0.4, 0.5) is 5.69 Å². The highest BCUT2D eigenvalue weighted by Crippen LogP contribution is 2.44. The van der Waals surface area contributed by atoms with Crippen molar-refractivity contribution in [2.24, 2.45) is 11.3 Å². The Hall–Kier alpha value is -2.88. The molecule has 162 valence electrons. The van der Waals surface area contributed by atoms with Gasteiger partial charge in [0, 0.05) is 17.8 Å². The van der Waals surface area contributed by atoms with Crippen molar-refractivity contribution in [1.82, 2.24) is 29.4 Å². The van der Waals surface area contributed by atoms with Crippen molar-refractivity contribution in [3.63, 3.8) is 0 Å². The van der Waals surface area contributed by atoms with Crippen LogP contribution in [0.25, 0.3) is 15.9 Å². The molecule has 4 aromatic rings. The predicted octanol–water partition coefficient (Wildman–Crippen LogP) is 4.23. The molecule has 0 bridgehead atoms. The van der Waals surface area contributed by atoms with Crippen LogP contribution in [0.15, 0.2) is 18.7 Å². The Morgan fingerprint density at radius 1 is 1.39 bits per heavy atom. The number of hydrogen-bond donors (Lipinski definition) is 0. The lowest BCUT2D eigenvalue weighted by Crippen LogP contribution is -2.28. The smallest absolute Gasteiger partial charge is 0.265 e. The summed E-state index contributed by atoms with van der Waals surface area (Å²) in [4.78, 5) is 22.3. The van der Waals surface area contributed by atoms with Crippen LogP contribution < -0.4 is 0 Å². The van der Waals surface area contributed by atoms with Gasteiger partial charge < -0.3 is 0 Å². The van der Waals surface area contributed by atoms with E-state index in [-0.39, 0.29) is 5.69 Å². The zero-order valence-corrected chi connectivity index (χ0v) is 18.7. The Labute approximate surface area is 183 Å². The molecule has 4 aromatic heterocycles. The molecule has 10 heteroatoms. The number of hydrogen-bond acceptors (Lipinski definition) is 7. The van der Waals surface area contributed by atoms with E-state index in [9.17, 15) is 10.1 Å². The molecule has 0 aromatic carbocycles. The van der Waals surface area contributed by atoms with Gasteiger partial charge in [0.1, 0.15) is 23.6 Å². The van der Waals surface area contributed by atoms with E-state index < -0.39 is 4.92 Å². The number of aromatic nitrogens is 6. The van der Waals surface area contributed by atoms with Gasteiger partial charge in [0.15, 0.2) is 11.5 Å². The van der Waals surface area contributed by atoms with Gasteiger partial charge in [-0.15, -0.1) is 16.4 Å².